The van der Waals surface area contributed by atoms with Gasteiger partial charge in [-0.25, -0.2) is 4.98 Å². The highest BCUT2D eigenvalue weighted by atomic mass is 15.3. The molecule has 1 aliphatic rings. The topological polar surface area (TPSA) is 35.5 Å². The van der Waals surface area contributed by atoms with Crippen molar-refractivity contribution in [1.29, 1.82) is 0 Å². The van der Waals surface area contributed by atoms with Crippen molar-refractivity contribution < 1.29 is 0 Å². The molecular weight excluding hydrogens is 298 g/mol. The van der Waals surface area contributed by atoms with Crippen molar-refractivity contribution in [3.05, 3.63) is 48.2 Å². The van der Waals surface area contributed by atoms with Crippen molar-refractivity contribution in [3.63, 3.8) is 0 Å². The lowest BCUT2D eigenvalue weighted by molar-refractivity contribution is 0.254. The molecule has 1 aromatic heterocycles. The van der Waals surface area contributed by atoms with Gasteiger partial charge in [-0.15, -0.1) is 0 Å². The minimum atomic E-state index is 0.852. The lowest BCUT2D eigenvalue weighted by Gasteiger charge is -2.34. The predicted molar refractivity (Wildman–Crippen MR) is 99.8 cm³/mol. The van der Waals surface area contributed by atoms with E-state index < -0.39 is 0 Å². The van der Waals surface area contributed by atoms with Crippen LogP contribution in [0.25, 0.3) is 0 Å². The predicted octanol–water partition coefficient (Wildman–Crippen LogP) is 2.30. The minimum absolute atomic E-state index is 0.852. The lowest BCUT2D eigenvalue weighted by Crippen LogP contribution is -2.47. The van der Waals surface area contributed by atoms with Crippen LogP contribution in [0.15, 0.2) is 42.6 Å². The molecule has 1 aromatic carbocycles. The van der Waals surface area contributed by atoms with Gasteiger partial charge in [0.25, 0.3) is 0 Å². The van der Waals surface area contributed by atoms with Gasteiger partial charge in [-0.1, -0.05) is 30.3 Å². The zero-order valence-corrected chi connectivity index (χ0v) is 14.7. The summed E-state index contributed by atoms with van der Waals surface area (Å²) in [6.45, 7) is 5.35. The van der Waals surface area contributed by atoms with Gasteiger partial charge >= 0.3 is 0 Å². The van der Waals surface area contributed by atoms with Gasteiger partial charge in [-0.05, 0) is 31.0 Å². The second kappa shape index (κ2) is 8.11. The molecule has 0 aliphatic carbocycles. The van der Waals surface area contributed by atoms with Crippen LogP contribution < -0.4 is 9.80 Å². The standard InChI is InChI=1S/C19H27N5/c1-22(2)18-10-11-20-19(21-18)24-15-13-23(14-16-24)12-6-9-17-7-4-3-5-8-17/h3-5,7-8,10-11H,6,9,12-16H2,1-2H3. The molecule has 0 unspecified atom stereocenters. The largest absolute Gasteiger partial charge is 0.363 e. The maximum atomic E-state index is 4.65. The fourth-order valence-electron chi connectivity index (χ4n) is 3.06. The van der Waals surface area contributed by atoms with Crippen molar-refractivity contribution >= 4 is 11.8 Å². The first-order valence-electron chi connectivity index (χ1n) is 8.74. The number of rotatable bonds is 6. The molecule has 5 nitrogen and oxygen atoms in total. The van der Waals surface area contributed by atoms with Crippen LogP contribution in [0.1, 0.15) is 12.0 Å². The molecule has 0 saturated carbocycles. The summed E-state index contributed by atoms with van der Waals surface area (Å²) in [4.78, 5) is 15.9. The Bertz CT molecular complexity index is 621. The molecule has 0 N–H and O–H groups in total. The molecule has 2 heterocycles. The Balaban J connectivity index is 1.45. The molecule has 3 rings (SSSR count). The summed E-state index contributed by atoms with van der Waals surface area (Å²) in [6.07, 6.45) is 4.23. The number of piperazine rings is 1. The molecule has 1 fully saturated rings. The summed E-state index contributed by atoms with van der Waals surface area (Å²) < 4.78 is 0. The molecule has 5 heteroatoms. The first-order valence-corrected chi connectivity index (χ1v) is 8.74. The van der Waals surface area contributed by atoms with Gasteiger partial charge in [0.15, 0.2) is 0 Å². The number of hydrogen-bond acceptors (Lipinski definition) is 5. The average molecular weight is 325 g/mol. The van der Waals surface area contributed by atoms with Gasteiger partial charge in [0, 0.05) is 46.5 Å². The highest BCUT2D eigenvalue weighted by Crippen LogP contribution is 2.15. The average Bonchev–Trinajstić information content (AvgIpc) is 2.63. The molecule has 0 atom stereocenters. The van der Waals surface area contributed by atoms with Crippen molar-refractivity contribution in [2.24, 2.45) is 0 Å². The second-order valence-electron chi connectivity index (χ2n) is 6.53. The highest BCUT2D eigenvalue weighted by Gasteiger charge is 2.19. The van der Waals surface area contributed by atoms with E-state index in [1.54, 1.807) is 0 Å². The van der Waals surface area contributed by atoms with E-state index in [0.717, 1.165) is 44.4 Å². The summed E-state index contributed by atoms with van der Waals surface area (Å²) in [6, 6.07) is 12.7. The molecule has 0 spiro atoms. The van der Waals surface area contributed by atoms with Crippen LogP contribution in [0.3, 0.4) is 0 Å². The van der Waals surface area contributed by atoms with E-state index in [1.807, 2.05) is 31.3 Å². The zero-order valence-electron chi connectivity index (χ0n) is 14.7. The third-order valence-electron chi connectivity index (χ3n) is 4.52. The number of hydrogen-bond donors (Lipinski definition) is 0. The fraction of sp³-hybridized carbons (Fsp3) is 0.474. The number of anilines is 2. The van der Waals surface area contributed by atoms with Crippen LogP contribution in [0, 0.1) is 0 Å². The normalized spacial score (nSPS) is 15.5. The summed E-state index contributed by atoms with van der Waals surface area (Å²) >= 11 is 0. The Morgan fingerprint density at radius 1 is 1.00 bits per heavy atom. The van der Waals surface area contributed by atoms with Gasteiger partial charge in [0.1, 0.15) is 5.82 Å². The SMILES string of the molecule is CN(C)c1ccnc(N2CCN(CCCc3ccccc3)CC2)n1. The van der Waals surface area contributed by atoms with Crippen molar-refractivity contribution in [2.75, 3.05) is 56.6 Å². The number of nitrogens with zero attached hydrogens (tertiary/aromatic N) is 5. The monoisotopic (exact) mass is 325 g/mol. The molecule has 1 aliphatic heterocycles. The van der Waals surface area contributed by atoms with Gasteiger partial charge in [-0.2, -0.15) is 4.98 Å². The molecule has 0 amide bonds. The molecule has 1 saturated heterocycles. The van der Waals surface area contributed by atoms with Gasteiger partial charge in [-0.3, -0.25) is 4.90 Å². The Morgan fingerprint density at radius 2 is 1.75 bits per heavy atom. The van der Waals surface area contributed by atoms with E-state index in [2.05, 4.69) is 50.1 Å². The number of benzene rings is 1. The third-order valence-corrected chi connectivity index (χ3v) is 4.52. The quantitative estimate of drug-likeness (QED) is 0.814. The van der Waals surface area contributed by atoms with Crippen LogP contribution in [0.5, 0.6) is 0 Å². The Labute approximate surface area is 144 Å². The highest BCUT2D eigenvalue weighted by molar-refractivity contribution is 5.42. The van der Waals surface area contributed by atoms with Crippen LogP contribution in [0.2, 0.25) is 0 Å². The molecule has 128 valence electrons. The van der Waals surface area contributed by atoms with Crippen LogP contribution in [0.4, 0.5) is 11.8 Å². The molecular formula is C19H27N5. The van der Waals surface area contributed by atoms with Gasteiger partial charge in [0.05, 0.1) is 0 Å². The smallest absolute Gasteiger partial charge is 0.227 e. The van der Waals surface area contributed by atoms with E-state index in [9.17, 15) is 0 Å². The van der Waals surface area contributed by atoms with Crippen LogP contribution in [-0.2, 0) is 6.42 Å². The van der Waals surface area contributed by atoms with Crippen molar-refractivity contribution in [1.82, 2.24) is 14.9 Å². The fourth-order valence-corrected chi connectivity index (χ4v) is 3.06. The second-order valence-corrected chi connectivity index (χ2v) is 6.53. The molecule has 2 aromatic rings. The van der Waals surface area contributed by atoms with E-state index in [1.165, 1.54) is 18.5 Å². The molecule has 24 heavy (non-hydrogen) atoms. The van der Waals surface area contributed by atoms with Gasteiger partial charge in [0.2, 0.25) is 5.95 Å². The Kier molecular flexibility index (Phi) is 5.64. The molecule has 0 bridgehead atoms. The summed E-state index contributed by atoms with van der Waals surface area (Å²) in [7, 11) is 4.02. The first kappa shape index (κ1) is 16.7. The Hall–Kier alpha value is -2.14. The molecule has 0 radical (unpaired) electrons. The van der Waals surface area contributed by atoms with Gasteiger partial charge < -0.3 is 9.80 Å². The van der Waals surface area contributed by atoms with E-state index in [0.29, 0.717) is 0 Å². The van der Waals surface area contributed by atoms with E-state index in [-0.39, 0.29) is 0 Å². The summed E-state index contributed by atoms with van der Waals surface area (Å²) in [5.41, 5.74) is 1.44. The van der Waals surface area contributed by atoms with E-state index in [4.69, 9.17) is 0 Å². The van der Waals surface area contributed by atoms with E-state index >= 15 is 0 Å². The van der Waals surface area contributed by atoms with Crippen molar-refractivity contribution in [3.8, 4) is 0 Å². The maximum absolute atomic E-state index is 4.65. The maximum Gasteiger partial charge on any atom is 0.227 e. The number of aryl methyl sites for hydroxylation is 1. The summed E-state index contributed by atoms with van der Waals surface area (Å²) in [5, 5.41) is 0. The summed E-state index contributed by atoms with van der Waals surface area (Å²) in [5.74, 6) is 1.82. The Morgan fingerprint density at radius 3 is 2.46 bits per heavy atom. The lowest BCUT2D eigenvalue weighted by atomic mass is 10.1. The number of aromatic nitrogens is 2. The third kappa shape index (κ3) is 4.45. The minimum Gasteiger partial charge on any atom is -0.363 e. The van der Waals surface area contributed by atoms with Crippen LogP contribution in [-0.4, -0.2) is 61.7 Å². The van der Waals surface area contributed by atoms with Crippen LogP contribution >= 0.6 is 0 Å². The zero-order chi connectivity index (χ0) is 16.8. The van der Waals surface area contributed by atoms with Crippen molar-refractivity contribution in [2.45, 2.75) is 12.8 Å². The first-order chi connectivity index (χ1) is 11.7.